The third-order valence-electron chi connectivity index (χ3n) is 5.00. The highest BCUT2D eigenvalue weighted by molar-refractivity contribution is 6.13. The zero-order chi connectivity index (χ0) is 17.9. The molecule has 0 aliphatic carbocycles. The fourth-order valence-electron chi connectivity index (χ4n) is 3.68. The smallest absolute Gasteiger partial charge is 0.256 e. The summed E-state index contributed by atoms with van der Waals surface area (Å²) in [5.74, 6) is -0.106. The number of hydrogen-bond acceptors (Lipinski definition) is 3. The summed E-state index contributed by atoms with van der Waals surface area (Å²) in [7, 11) is 0. The maximum Gasteiger partial charge on any atom is 0.256 e. The summed E-state index contributed by atoms with van der Waals surface area (Å²) in [6.45, 7) is 2.03. The minimum Gasteiger partial charge on any atom is -0.399 e. The summed E-state index contributed by atoms with van der Waals surface area (Å²) >= 11 is 0. The van der Waals surface area contributed by atoms with Crippen molar-refractivity contribution >= 4 is 33.7 Å². The number of carbonyl (C=O) groups excluding carboxylic acids is 1. The van der Waals surface area contributed by atoms with Gasteiger partial charge in [0.25, 0.3) is 5.91 Å². The van der Waals surface area contributed by atoms with Crippen molar-refractivity contribution < 1.29 is 4.79 Å². The van der Waals surface area contributed by atoms with Crippen LogP contribution < -0.4 is 16.0 Å². The summed E-state index contributed by atoms with van der Waals surface area (Å²) in [5.41, 5.74) is 9.15. The van der Waals surface area contributed by atoms with Gasteiger partial charge in [-0.3, -0.25) is 4.79 Å². The molecule has 1 fully saturated rings. The van der Waals surface area contributed by atoms with Crippen molar-refractivity contribution in [3.05, 3.63) is 66.2 Å². The van der Waals surface area contributed by atoms with Gasteiger partial charge in [0.1, 0.15) is 0 Å². The Morgan fingerprint density at radius 3 is 2.54 bits per heavy atom. The molecule has 0 bridgehead atoms. The lowest BCUT2D eigenvalue weighted by Gasteiger charge is -2.30. The minimum absolute atomic E-state index is 0.106. The fourth-order valence-corrected chi connectivity index (χ4v) is 3.68. The Labute approximate surface area is 153 Å². The van der Waals surface area contributed by atoms with E-state index in [1.807, 2.05) is 60.7 Å². The minimum atomic E-state index is -0.106. The molecule has 1 heterocycles. The number of anilines is 3. The number of hydrogen-bond donors (Lipinski definition) is 2. The van der Waals surface area contributed by atoms with Gasteiger partial charge in [-0.1, -0.05) is 36.4 Å². The zero-order valence-electron chi connectivity index (χ0n) is 14.7. The van der Waals surface area contributed by atoms with Crippen LogP contribution in [0.5, 0.6) is 0 Å². The van der Waals surface area contributed by atoms with E-state index in [-0.39, 0.29) is 5.91 Å². The van der Waals surface area contributed by atoms with Gasteiger partial charge >= 0.3 is 0 Å². The first-order valence-electron chi connectivity index (χ1n) is 9.16. The Bertz CT molecular complexity index is 940. The second kappa shape index (κ2) is 7.08. The molecule has 0 unspecified atom stereocenters. The van der Waals surface area contributed by atoms with E-state index in [9.17, 15) is 4.79 Å². The Balaban J connectivity index is 1.68. The van der Waals surface area contributed by atoms with Crippen LogP contribution in [0.1, 0.15) is 29.6 Å². The molecular formula is C22H23N3O. The summed E-state index contributed by atoms with van der Waals surface area (Å²) in [5, 5.41) is 5.11. The summed E-state index contributed by atoms with van der Waals surface area (Å²) < 4.78 is 0. The third-order valence-corrected chi connectivity index (χ3v) is 5.00. The Morgan fingerprint density at radius 2 is 1.69 bits per heavy atom. The number of rotatable bonds is 3. The SMILES string of the molecule is Nc1ccc(N2CCCCC2)c(NC(=O)c2cccc3ccccc23)c1. The van der Waals surface area contributed by atoms with E-state index in [1.165, 1.54) is 19.3 Å². The molecule has 4 nitrogen and oxygen atoms in total. The molecule has 1 amide bonds. The molecule has 0 atom stereocenters. The number of nitrogens with two attached hydrogens (primary N) is 1. The molecule has 4 rings (SSSR count). The lowest BCUT2D eigenvalue weighted by Crippen LogP contribution is -2.30. The molecule has 0 radical (unpaired) electrons. The van der Waals surface area contributed by atoms with Crippen LogP contribution in [0.15, 0.2) is 60.7 Å². The highest BCUT2D eigenvalue weighted by Gasteiger charge is 2.17. The number of nitrogens with one attached hydrogen (secondary N) is 1. The van der Waals surface area contributed by atoms with Gasteiger partial charge in [0.15, 0.2) is 0 Å². The predicted molar refractivity (Wildman–Crippen MR) is 109 cm³/mol. The molecule has 1 saturated heterocycles. The molecule has 3 aromatic carbocycles. The average molecular weight is 345 g/mol. The van der Waals surface area contributed by atoms with Crippen LogP contribution in [0.2, 0.25) is 0 Å². The van der Waals surface area contributed by atoms with Gasteiger partial charge in [0.2, 0.25) is 0 Å². The van der Waals surface area contributed by atoms with Gasteiger partial charge < -0.3 is 16.0 Å². The molecular weight excluding hydrogens is 322 g/mol. The first kappa shape index (κ1) is 16.5. The number of carbonyl (C=O) groups is 1. The van der Waals surface area contributed by atoms with Crippen molar-refractivity contribution in [3.63, 3.8) is 0 Å². The van der Waals surface area contributed by atoms with Crippen molar-refractivity contribution in [2.45, 2.75) is 19.3 Å². The van der Waals surface area contributed by atoms with E-state index in [4.69, 9.17) is 5.73 Å². The molecule has 0 saturated carbocycles. The van der Waals surface area contributed by atoms with E-state index in [0.717, 1.165) is 35.2 Å². The van der Waals surface area contributed by atoms with Crippen LogP contribution in [-0.4, -0.2) is 19.0 Å². The molecule has 0 spiro atoms. The summed E-state index contributed by atoms with van der Waals surface area (Å²) in [4.78, 5) is 15.3. The number of piperidine rings is 1. The van der Waals surface area contributed by atoms with E-state index < -0.39 is 0 Å². The molecule has 26 heavy (non-hydrogen) atoms. The highest BCUT2D eigenvalue weighted by atomic mass is 16.1. The fraction of sp³-hybridized carbons (Fsp3) is 0.227. The first-order valence-corrected chi connectivity index (χ1v) is 9.16. The van der Waals surface area contributed by atoms with Gasteiger partial charge in [-0.05, 0) is 54.3 Å². The molecule has 1 aliphatic heterocycles. The van der Waals surface area contributed by atoms with E-state index in [1.54, 1.807) is 0 Å². The molecule has 4 heteroatoms. The van der Waals surface area contributed by atoms with Gasteiger partial charge in [-0.15, -0.1) is 0 Å². The van der Waals surface area contributed by atoms with Crippen LogP contribution in [0.25, 0.3) is 10.8 Å². The first-order chi connectivity index (χ1) is 12.7. The number of nitrogen functional groups attached to an aromatic ring is 1. The Kier molecular flexibility index (Phi) is 4.48. The second-order valence-corrected chi connectivity index (χ2v) is 6.81. The highest BCUT2D eigenvalue weighted by Crippen LogP contribution is 2.31. The maximum absolute atomic E-state index is 13.0. The van der Waals surface area contributed by atoms with Gasteiger partial charge in [0, 0.05) is 24.3 Å². The molecule has 0 aromatic heterocycles. The van der Waals surface area contributed by atoms with Crippen LogP contribution in [0.3, 0.4) is 0 Å². The lowest BCUT2D eigenvalue weighted by molar-refractivity contribution is 0.102. The van der Waals surface area contributed by atoms with Gasteiger partial charge in [-0.2, -0.15) is 0 Å². The van der Waals surface area contributed by atoms with E-state index in [2.05, 4.69) is 10.2 Å². The average Bonchev–Trinajstić information content (AvgIpc) is 2.68. The predicted octanol–water partition coefficient (Wildman–Crippen LogP) is 4.66. The van der Waals surface area contributed by atoms with Crippen LogP contribution >= 0.6 is 0 Å². The van der Waals surface area contributed by atoms with Crippen molar-refractivity contribution in [1.29, 1.82) is 0 Å². The maximum atomic E-state index is 13.0. The molecule has 3 aromatic rings. The topological polar surface area (TPSA) is 58.4 Å². The van der Waals surface area contributed by atoms with Crippen molar-refractivity contribution in [1.82, 2.24) is 0 Å². The van der Waals surface area contributed by atoms with Crippen molar-refractivity contribution in [3.8, 4) is 0 Å². The van der Waals surface area contributed by atoms with E-state index >= 15 is 0 Å². The molecule has 1 aliphatic rings. The number of benzene rings is 3. The summed E-state index contributed by atoms with van der Waals surface area (Å²) in [6.07, 6.45) is 3.63. The van der Waals surface area contributed by atoms with Crippen LogP contribution in [0, 0.1) is 0 Å². The molecule has 132 valence electrons. The van der Waals surface area contributed by atoms with Crippen molar-refractivity contribution in [2.24, 2.45) is 0 Å². The Morgan fingerprint density at radius 1 is 0.923 bits per heavy atom. The standard InChI is InChI=1S/C22H23N3O/c23-17-11-12-21(25-13-4-1-5-14-25)20(15-17)24-22(26)19-10-6-8-16-7-2-3-9-18(16)19/h2-3,6-12,15H,1,4-5,13-14,23H2,(H,24,26). The monoisotopic (exact) mass is 345 g/mol. The number of nitrogens with zero attached hydrogens (tertiary/aromatic N) is 1. The largest absolute Gasteiger partial charge is 0.399 e. The quantitative estimate of drug-likeness (QED) is 0.679. The van der Waals surface area contributed by atoms with E-state index in [0.29, 0.717) is 11.3 Å². The van der Waals surface area contributed by atoms with Gasteiger partial charge in [0.05, 0.1) is 11.4 Å². The lowest BCUT2D eigenvalue weighted by atomic mass is 10.0. The Hall–Kier alpha value is -3.01. The van der Waals surface area contributed by atoms with Crippen LogP contribution in [-0.2, 0) is 0 Å². The second-order valence-electron chi connectivity index (χ2n) is 6.81. The number of fused-ring (bicyclic) bond motifs is 1. The number of amides is 1. The third kappa shape index (κ3) is 3.23. The normalized spacial score (nSPS) is 14.4. The van der Waals surface area contributed by atoms with Crippen LogP contribution in [0.4, 0.5) is 17.1 Å². The zero-order valence-corrected chi connectivity index (χ0v) is 14.7. The van der Waals surface area contributed by atoms with Gasteiger partial charge in [-0.25, -0.2) is 0 Å². The molecule has 3 N–H and O–H groups in total. The summed E-state index contributed by atoms with van der Waals surface area (Å²) in [6, 6.07) is 19.5. The van der Waals surface area contributed by atoms with Crippen molar-refractivity contribution in [2.75, 3.05) is 29.0 Å².